The predicted molar refractivity (Wildman–Crippen MR) is 88.0 cm³/mol. The van der Waals surface area contributed by atoms with E-state index in [4.69, 9.17) is 9.47 Å². The topological polar surface area (TPSA) is 67.8 Å². The van der Waals surface area contributed by atoms with Crippen molar-refractivity contribution in [1.29, 1.82) is 0 Å². The average Bonchev–Trinajstić information content (AvgIpc) is 2.51. The smallest absolute Gasteiger partial charge is 0.255 e. The number of amides is 1. The van der Waals surface area contributed by atoms with Crippen molar-refractivity contribution in [3.63, 3.8) is 0 Å². The number of aryl methyl sites for hydroxylation is 1. The molecule has 1 amide bonds. The molecule has 0 heterocycles. The molecule has 5 nitrogen and oxygen atoms in total. The predicted octanol–water partition coefficient (Wildman–Crippen LogP) is 3.73. The maximum Gasteiger partial charge on any atom is 0.255 e. The lowest BCUT2D eigenvalue weighted by Gasteiger charge is -2.11. The molecular formula is C16H16BrNO4. The Morgan fingerprint density at radius 1 is 1.09 bits per heavy atom. The first-order valence-electron chi connectivity index (χ1n) is 6.48. The van der Waals surface area contributed by atoms with Gasteiger partial charge in [0.2, 0.25) is 0 Å². The number of methoxy groups -OCH3 is 2. The van der Waals surface area contributed by atoms with E-state index in [2.05, 4.69) is 21.2 Å². The van der Waals surface area contributed by atoms with Crippen LogP contribution in [0.15, 0.2) is 34.8 Å². The Bertz CT molecular complexity index is 670. The van der Waals surface area contributed by atoms with Crippen LogP contribution in [-0.2, 0) is 0 Å². The molecule has 0 aliphatic carbocycles. The molecule has 0 aliphatic heterocycles. The zero-order valence-corrected chi connectivity index (χ0v) is 14.0. The molecular weight excluding hydrogens is 350 g/mol. The number of carbonyl (C=O) groups is 1. The fraction of sp³-hybridized carbons (Fsp3) is 0.188. The quantitative estimate of drug-likeness (QED) is 0.810. The molecule has 2 rings (SSSR count). The van der Waals surface area contributed by atoms with Crippen LogP contribution in [0.4, 0.5) is 5.69 Å². The van der Waals surface area contributed by atoms with Gasteiger partial charge in [-0.3, -0.25) is 4.79 Å². The van der Waals surface area contributed by atoms with Crippen LogP contribution in [0.3, 0.4) is 0 Å². The van der Waals surface area contributed by atoms with Crippen LogP contribution in [0.2, 0.25) is 0 Å². The summed E-state index contributed by atoms with van der Waals surface area (Å²) in [5.74, 6) is 0.926. The minimum atomic E-state index is -0.297. The fourth-order valence-electron chi connectivity index (χ4n) is 1.95. The van der Waals surface area contributed by atoms with Crippen LogP contribution in [0.5, 0.6) is 17.2 Å². The van der Waals surface area contributed by atoms with Crippen LogP contribution >= 0.6 is 15.9 Å². The molecule has 22 heavy (non-hydrogen) atoms. The van der Waals surface area contributed by atoms with Gasteiger partial charge in [0, 0.05) is 17.3 Å². The SMILES string of the molecule is COc1cc(OC)cc(C(=O)Nc2cc(C)c(O)c(Br)c2)c1. The molecule has 0 spiro atoms. The molecule has 2 N–H and O–H groups in total. The molecule has 0 aromatic heterocycles. The minimum absolute atomic E-state index is 0.154. The number of phenolic OH excluding ortho intramolecular Hbond substituents is 1. The Balaban J connectivity index is 2.29. The number of ether oxygens (including phenoxy) is 2. The molecule has 0 radical (unpaired) electrons. The number of halogens is 1. The third kappa shape index (κ3) is 3.51. The minimum Gasteiger partial charge on any atom is -0.506 e. The second-order valence-electron chi connectivity index (χ2n) is 4.68. The maximum absolute atomic E-state index is 12.4. The fourth-order valence-corrected chi connectivity index (χ4v) is 2.51. The lowest BCUT2D eigenvalue weighted by molar-refractivity contribution is 0.102. The first-order valence-corrected chi connectivity index (χ1v) is 7.27. The van der Waals surface area contributed by atoms with Gasteiger partial charge in [0.1, 0.15) is 17.2 Å². The van der Waals surface area contributed by atoms with Gasteiger partial charge in [-0.15, -0.1) is 0 Å². The highest BCUT2D eigenvalue weighted by Crippen LogP contribution is 2.31. The van der Waals surface area contributed by atoms with Gasteiger partial charge in [-0.2, -0.15) is 0 Å². The summed E-state index contributed by atoms with van der Waals surface area (Å²) in [5.41, 5.74) is 1.65. The summed E-state index contributed by atoms with van der Waals surface area (Å²) in [7, 11) is 3.05. The van der Waals surface area contributed by atoms with Crippen LogP contribution in [-0.4, -0.2) is 25.2 Å². The summed E-state index contributed by atoms with van der Waals surface area (Å²) >= 11 is 3.25. The number of anilines is 1. The van der Waals surface area contributed by atoms with Crippen molar-refractivity contribution >= 4 is 27.5 Å². The maximum atomic E-state index is 12.4. The molecule has 0 saturated carbocycles. The second kappa shape index (κ2) is 6.70. The van der Waals surface area contributed by atoms with E-state index in [-0.39, 0.29) is 11.7 Å². The molecule has 0 fully saturated rings. The average molecular weight is 366 g/mol. The van der Waals surface area contributed by atoms with Gasteiger partial charge in [0.15, 0.2) is 0 Å². The van der Waals surface area contributed by atoms with Crippen molar-refractivity contribution in [3.8, 4) is 17.2 Å². The summed E-state index contributed by atoms with van der Waals surface area (Å²) in [4.78, 5) is 12.4. The number of hydrogen-bond acceptors (Lipinski definition) is 4. The molecule has 2 aromatic rings. The summed E-state index contributed by atoms with van der Waals surface area (Å²) in [6.45, 7) is 1.75. The van der Waals surface area contributed by atoms with E-state index in [0.717, 1.165) is 0 Å². The van der Waals surface area contributed by atoms with E-state index in [1.54, 1.807) is 37.3 Å². The van der Waals surface area contributed by atoms with Crippen molar-refractivity contribution < 1.29 is 19.4 Å². The molecule has 116 valence electrons. The molecule has 6 heteroatoms. The van der Waals surface area contributed by atoms with Crippen molar-refractivity contribution in [1.82, 2.24) is 0 Å². The molecule has 2 aromatic carbocycles. The van der Waals surface area contributed by atoms with Crippen molar-refractivity contribution in [3.05, 3.63) is 45.9 Å². The number of phenols is 1. The van der Waals surface area contributed by atoms with E-state index < -0.39 is 0 Å². The highest BCUT2D eigenvalue weighted by molar-refractivity contribution is 9.10. The number of aromatic hydroxyl groups is 1. The molecule has 0 saturated heterocycles. The molecule has 0 atom stereocenters. The summed E-state index contributed by atoms with van der Waals surface area (Å²) in [6.07, 6.45) is 0. The van der Waals surface area contributed by atoms with E-state index >= 15 is 0 Å². The lowest BCUT2D eigenvalue weighted by Crippen LogP contribution is -2.12. The Morgan fingerprint density at radius 2 is 1.68 bits per heavy atom. The van der Waals surface area contributed by atoms with Gasteiger partial charge in [-0.05, 0) is 52.7 Å². The van der Waals surface area contributed by atoms with Gasteiger partial charge < -0.3 is 19.9 Å². The van der Waals surface area contributed by atoms with E-state index in [9.17, 15) is 9.90 Å². The number of carbonyl (C=O) groups excluding carboxylic acids is 1. The standard InChI is InChI=1S/C16H16BrNO4/c1-9-4-11(7-14(17)15(9)19)18-16(20)10-5-12(21-2)8-13(6-10)22-3/h4-8,19H,1-3H3,(H,18,20). The summed E-state index contributed by atoms with van der Waals surface area (Å²) < 4.78 is 10.8. The monoisotopic (exact) mass is 365 g/mol. The van der Waals surface area contributed by atoms with Crippen LogP contribution in [0, 0.1) is 6.92 Å². The van der Waals surface area contributed by atoms with Crippen LogP contribution in [0.25, 0.3) is 0 Å². The number of benzene rings is 2. The third-order valence-electron chi connectivity index (χ3n) is 3.13. The van der Waals surface area contributed by atoms with Gasteiger partial charge in [-0.1, -0.05) is 0 Å². The van der Waals surface area contributed by atoms with Crippen molar-refractivity contribution in [2.45, 2.75) is 6.92 Å². The van der Waals surface area contributed by atoms with Gasteiger partial charge in [-0.25, -0.2) is 0 Å². The Kier molecular flexibility index (Phi) is 4.92. The normalized spacial score (nSPS) is 10.2. The summed E-state index contributed by atoms with van der Waals surface area (Å²) in [6, 6.07) is 8.27. The molecule has 0 bridgehead atoms. The Labute approximate surface area is 137 Å². The first-order chi connectivity index (χ1) is 10.4. The van der Waals surface area contributed by atoms with Crippen LogP contribution < -0.4 is 14.8 Å². The Hall–Kier alpha value is -2.21. The van der Waals surface area contributed by atoms with E-state index in [0.29, 0.717) is 32.8 Å². The number of hydrogen-bond donors (Lipinski definition) is 2. The second-order valence-corrected chi connectivity index (χ2v) is 5.53. The lowest BCUT2D eigenvalue weighted by atomic mass is 10.1. The number of rotatable bonds is 4. The highest BCUT2D eigenvalue weighted by atomic mass is 79.9. The highest BCUT2D eigenvalue weighted by Gasteiger charge is 2.12. The van der Waals surface area contributed by atoms with Gasteiger partial charge >= 0.3 is 0 Å². The van der Waals surface area contributed by atoms with Crippen LogP contribution in [0.1, 0.15) is 15.9 Å². The summed E-state index contributed by atoms with van der Waals surface area (Å²) in [5, 5.41) is 12.5. The Morgan fingerprint density at radius 3 is 2.18 bits per heavy atom. The largest absolute Gasteiger partial charge is 0.506 e. The van der Waals surface area contributed by atoms with Crippen molar-refractivity contribution in [2.75, 3.05) is 19.5 Å². The number of nitrogens with one attached hydrogen (secondary N) is 1. The zero-order valence-electron chi connectivity index (χ0n) is 12.4. The van der Waals surface area contributed by atoms with Crippen molar-refractivity contribution in [2.24, 2.45) is 0 Å². The van der Waals surface area contributed by atoms with E-state index in [1.807, 2.05) is 0 Å². The molecule has 0 aliphatic rings. The van der Waals surface area contributed by atoms with Gasteiger partial charge in [0.25, 0.3) is 5.91 Å². The first kappa shape index (κ1) is 16.2. The van der Waals surface area contributed by atoms with Gasteiger partial charge in [0.05, 0.1) is 18.7 Å². The third-order valence-corrected chi connectivity index (χ3v) is 3.73. The van der Waals surface area contributed by atoms with E-state index in [1.165, 1.54) is 14.2 Å². The molecule has 0 unspecified atom stereocenters. The zero-order chi connectivity index (χ0) is 16.3.